The Bertz CT molecular complexity index is 1330. The van der Waals surface area contributed by atoms with Crippen LogP contribution >= 0.6 is 0 Å². The van der Waals surface area contributed by atoms with E-state index in [9.17, 15) is 9.59 Å². The van der Waals surface area contributed by atoms with Crippen molar-refractivity contribution in [3.05, 3.63) is 18.2 Å². The summed E-state index contributed by atoms with van der Waals surface area (Å²) in [4.78, 5) is 43.9. The number of piperazine rings is 1. The minimum atomic E-state index is -0.880. The number of aryl methyl sites for hydroxylation is 1. The molecule has 0 atom stereocenters. The van der Waals surface area contributed by atoms with Crippen molar-refractivity contribution in [1.29, 1.82) is 0 Å². The molecule has 1 saturated carbocycles. The summed E-state index contributed by atoms with van der Waals surface area (Å²) in [5, 5.41) is 28.0. The van der Waals surface area contributed by atoms with Gasteiger partial charge in [0.25, 0.3) is 0 Å². The molecule has 1 saturated heterocycles. The van der Waals surface area contributed by atoms with Gasteiger partial charge in [0.15, 0.2) is 11.5 Å². The summed E-state index contributed by atoms with van der Waals surface area (Å²) < 4.78 is 1.88. The van der Waals surface area contributed by atoms with Crippen molar-refractivity contribution in [1.82, 2.24) is 50.5 Å². The molecule has 1 aliphatic heterocycles. The standard InChI is InChI=1S/C29H46N12O3/c42-24(9-4-10-25(43)44)39-15-17-40(18-16-39)29-35-27(26-28(36-29)34-21-33-26)32-19-23-20-41(38-37-23)14-6-12-30-11-5-13-31-22-7-2-1-3-8-22/h20-22,30-31H,1-19H2,(H,43,44)(H2,32,33,34,35,36). The number of rotatable bonds is 17. The second-order valence-corrected chi connectivity index (χ2v) is 11.7. The fourth-order valence-electron chi connectivity index (χ4n) is 5.81. The molecule has 2 aliphatic rings. The second-order valence-electron chi connectivity index (χ2n) is 11.7. The topological polar surface area (TPSA) is 182 Å². The molecule has 1 aliphatic carbocycles. The van der Waals surface area contributed by atoms with Crippen molar-refractivity contribution >= 4 is 34.8 Å². The Balaban J connectivity index is 1.03. The van der Waals surface area contributed by atoms with Crippen LogP contribution in [0.25, 0.3) is 11.2 Å². The molecule has 15 nitrogen and oxygen atoms in total. The first-order valence-corrected chi connectivity index (χ1v) is 16.1. The summed E-state index contributed by atoms with van der Waals surface area (Å²) in [7, 11) is 0. The number of carbonyl (C=O) groups is 2. The largest absolute Gasteiger partial charge is 0.481 e. The lowest BCUT2D eigenvalue weighted by Gasteiger charge is -2.34. The van der Waals surface area contributed by atoms with Crippen LogP contribution in [0, 0.1) is 0 Å². The molecule has 4 heterocycles. The lowest BCUT2D eigenvalue weighted by Crippen LogP contribution is -2.49. The first kappa shape index (κ1) is 31.6. The third kappa shape index (κ3) is 9.32. The number of carboxylic acids is 1. The maximum atomic E-state index is 12.4. The third-order valence-corrected chi connectivity index (χ3v) is 8.30. The van der Waals surface area contributed by atoms with Gasteiger partial charge in [0.2, 0.25) is 11.9 Å². The van der Waals surface area contributed by atoms with E-state index in [2.05, 4.69) is 41.2 Å². The quantitative estimate of drug-likeness (QED) is 0.140. The van der Waals surface area contributed by atoms with E-state index in [4.69, 9.17) is 10.1 Å². The summed E-state index contributed by atoms with van der Waals surface area (Å²) in [6.45, 7) is 6.56. The van der Waals surface area contributed by atoms with Crippen LogP contribution in [0.4, 0.5) is 11.8 Å². The molecule has 44 heavy (non-hydrogen) atoms. The van der Waals surface area contributed by atoms with E-state index in [1.165, 1.54) is 32.1 Å². The summed E-state index contributed by atoms with van der Waals surface area (Å²) in [6.07, 6.45) is 13.1. The molecule has 5 N–H and O–H groups in total. The SMILES string of the molecule is O=C(O)CCCC(=O)N1CCN(c2nc(NCc3cn(CCCNCCCNC4CCCCC4)nn3)c3nc[nH]c3n2)CC1. The number of imidazole rings is 1. The molecule has 0 spiro atoms. The van der Waals surface area contributed by atoms with E-state index in [1.54, 1.807) is 11.2 Å². The molecule has 0 aromatic carbocycles. The number of carboxylic acid groups (broad SMARTS) is 1. The predicted molar refractivity (Wildman–Crippen MR) is 166 cm³/mol. The highest BCUT2D eigenvalue weighted by molar-refractivity contribution is 5.83. The van der Waals surface area contributed by atoms with Crippen LogP contribution < -0.4 is 20.9 Å². The number of carbonyl (C=O) groups excluding carboxylic acids is 1. The van der Waals surface area contributed by atoms with Gasteiger partial charge in [0.1, 0.15) is 11.2 Å². The maximum Gasteiger partial charge on any atom is 0.303 e. The number of hydrogen-bond donors (Lipinski definition) is 5. The molecule has 2 fully saturated rings. The average Bonchev–Trinajstić information content (AvgIpc) is 3.71. The molecule has 1 amide bonds. The smallest absolute Gasteiger partial charge is 0.303 e. The fourth-order valence-corrected chi connectivity index (χ4v) is 5.81. The Kier molecular flexibility index (Phi) is 11.7. The van der Waals surface area contributed by atoms with Gasteiger partial charge in [-0.05, 0) is 51.7 Å². The zero-order valence-corrected chi connectivity index (χ0v) is 25.5. The van der Waals surface area contributed by atoms with Crippen LogP contribution in [0.1, 0.15) is 69.9 Å². The molecule has 0 radical (unpaired) electrons. The Labute approximate surface area is 257 Å². The van der Waals surface area contributed by atoms with E-state index in [-0.39, 0.29) is 18.7 Å². The molecular weight excluding hydrogens is 564 g/mol. The maximum absolute atomic E-state index is 12.4. The lowest BCUT2D eigenvalue weighted by atomic mass is 9.95. The van der Waals surface area contributed by atoms with Gasteiger partial charge in [-0.3, -0.25) is 14.3 Å². The van der Waals surface area contributed by atoms with Gasteiger partial charge >= 0.3 is 5.97 Å². The number of aromatic amines is 1. The summed E-state index contributed by atoms with van der Waals surface area (Å²) >= 11 is 0. The number of aromatic nitrogens is 7. The van der Waals surface area contributed by atoms with Crippen molar-refractivity contribution in [2.75, 3.05) is 56.0 Å². The van der Waals surface area contributed by atoms with Crippen LogP contribution in [-0.2, 0) is 22.7 Å². The van der Waals surface area contributed by atoms with Gasteiger partial charge in [-0.25, -0.2) is 4.98 Å². The number of anilines is 2. The normalized spacial score (nSPS) is 16.1. The number of nitrogens with one attached hydrogen (secondary N) is 4. The minimum Gasteiger partial charge on any atom is -0.481 e. The number of fused-ring (bicyclic) bond motifs is 1. The average molecular weight is 611 g/mol. The van der Waals surface area contributed by atoms with Crippen LogP contribution in [-0.4, -0.2) is 109 Å². The van der Waals surface area contributed by atoms with Crippen molar-refractivity contribution in [3.8, 4) is 0 Å². The Morgan fingerprint density at radius 3 is 2.61 bits per heavy atom. The van der Waals surface area contributed by atoms with Gasteiger partial charge in [0.05, 0.1) is 19.1 Å². The zero-order chi connectivity index (χ0) is 30.6. The Morgan fingerprint density at radius 1 is 0.977 bits per heavy atom. The number of amides is 1. The number of hydrogen-bond acceptors (Lipinski definition) is 11. The Hall–Kier alpha value is -3.85. The summed E-state index contributed by atoms with van der Waals surface area (Å²) in [5.41, 5.74) is 2.09. The van der Waals surface area contributed by atoms with Crippen molar-refractivity contribution in [3.63, 3.8) is 0 Å². The molecular formula is C29H46N12O3. The lowest BCUT2D eigenvalue weighted by molar-refractivity contribution is -0.137. The highest BCUT2D eigenvalue weighted by Gasteiger charge is 2.24. The van der Waals surface area contributed by atoms with Crippen LogP contribution in [0.3, 0.4) is 0 Å². The van der Waals surface area contributed by atoms with Crippen molar-refractivity contribution in [2.24, 2.45) is 0 Å². The molecule has 15 heteroatoms. The molecule has 3 aromatic rings. The van der Waals surface area contributed by atoms with Crippen molar-refractivity contribution in [2.45, 2.75) is 83.3 Å². The number of H-pyrrole nitrogens is 1. The van der Waals surface area contributed by atoms with Gasteiger partial charge < -0.3 is 35.8 Å². The monoisotopic (exact) mass is 610 g/mol. The molecule has 0 bridgehead atoms. The molecule has 0 unspecified atom stereocenters. The summed E-state index contributed by atoms with van der Waals surface area (Å²) in [5.74, 6) is 0.271. The van der Waals surface area contributed by atoms with E-state index in [0.29, 0.717) is 62.1 Å². The van der Waals surface area contributed by atoms with Crippen LogP contribution in [0.15, 0.2) is 12.5 Å². The van der Waals surface area contributed by atoms with Gasteiger partial charge in [-0.2, -0.15) is 9.97 Å². The number of nitrogens with zero attached hydrogens (tertiary/aromatic N) is 8. The van der Waals surface area contributed by atoms with Gasteiger partial charge in [0, 0.05) is 51.6 Å². The van der Waals surface area contributed by atoms with E-state index in [1.807, 2.05) is 15.8 Å². The zero-order valence-electron chi connectivity index (χ0n) is 25.5. The minimum absolute atomic E-state index is 0.00578. The van der Waals surface area contributed by atoms with Crippen molar-refractivity contribution < 1.29 is 14.7 Å². The Morgan fingerprint density at radius 2 is 1.80 bits per heavy atom. The number of aliphatic carboxylic acids is 1. The molecule has 5 rings (SSSR count). The van der Waals surface area contributed by atoms with Gasteiger partial charge in [-0.15, -0.1) is 5.10 Å². The molecule has 3 aromatic heterocycles. The third-order valence-electron chi connectivity index (χ3n) is 8.30. The first-order valence-electron chi connectivity index (χ1n) is 16.1. The predicted octanol–water partition coefficient (Wildman–Crippen LogP) is 1.75. The first-order chi connectivity index (χ1) is 21.5. The highest BCUT2D eigenvalue weighted by atomic mass is 16.4. The van der Waals surface area contributed by atoms with E-state index < -0.39 is 5.97 Å². The van der Waals surface area contributed by atoms with E-state index >= 15 is 0 Å². The van der Waals surface area contributed by atoms with E-state index in [0.717, 1.165) is 50.8 Å². The van der Waals surface area contributed by atoms with Gasteiger partial charge in [-0.1, -0.05) is 24.5 Å². The highest BCUT2D eigenvalue weighted by Crippen LogP contribution is 2.22. The molecule has 240 valence electrons. The fraction of sp³-hybridized carbons (Fsp3) is 0.690. The second kappa shape index (κ2) is 16.3. The van der Waals surface area contributed by atoms with Crippen LogP contribution in [0.5, 0.6) is 0 Å². The van der Waals surface area contributed by atoms with Crippen LogP contribution in [0.2, 0.25) is 0 Å². The summed E-state index contributed by atoms with van der Waals surface area (Å²) in [6, 6.07) is 0.728.